The Morgan fingerprint density at radius 2 is 1.15 bits per heavy atom. The number of hydrogen-bond acceptors (Lipinski definition) is 6. The summed E-state index contributed by atoms with van der Waals surface area (Å²) in [7, 11) is 0. The van der Waals surface area contributed by atoms with Gasteiger partial charge in [-0.05, 0) is 39.8 Å². The summed E-state index contributed by atoms with van der Waals surface area (Å²) >= 11 is 0. The van der Waals surface area contributed by atoms with Crippen molar-refractivity contribution in [3.05, 3.63) is 0 Å². The van der Waals surface area contributed by atoms with E-state index >= 15 is 0 Å². The van der Waals surface area contributed by atoms with Gasteiger partial charge in [0, 0.05) is 13.1 Å². The molecule has 0 aliphatic carbocycles. The van der Waals surface area contributed by atoms with Crippen LogP contribution in [0.1, 0.15) is 39.5 Å². The fourth-order valence-electron chi connectivity index (χ4n) is 1.60. The van der Waals surface area contributed by atoms with Crippen LogP contribution in [0.4, 0.5) is 0 Å². The van der Waals surface area contributed by atoms with E-state index < -0.39 is 0 Å². The van der Waals surface area contributed by atoms with Gasteiger partial charge < -0.3 is 20.1 Å². The van der Waals surface area contributed by atoms with Gasteiger partial charge in [0.05, 0.1) is 26.1 Å². The first-order valence-electron chi connectivity index (χ1n) is 7.43. The van der Waals surface area contributed by atoms with E-state index in [0.29, 0.717) is 39.1 Å². The Bertz CT molecular complexity index is 234. The minimum Gasteiger partial charge on any atom is -0.466 e. The predicted molar refractivity (Wildman–Crippen MR) is 77.5 cm³/mol. The van der Waals surface area contributed by atoms with Crippen molar-refractivity contribution in [3.63, 3.8) is 0 Å². The summed E-state index contributed by atoms with van der Waals surface area (Å²) in [5, 5.41) is 6.40. The molecule has 0 aliphatic heterocycles. The highest BCUT2D eigenvalue weighted by molar-refractivity contribution is 5.69. The van der Waals surface area contributed by atoms with Crippen LogP contribution in [0, 0.1) is 0 Å². The van der Waals surface area contributed by atoms with Gasteiger partial charge in [0.1, 0.15) is 0 Å². The molecule has 0 aromatic carbocycles. The van der Waals surface area contributed by atoms with E-state index in [1.807, 2.05) is 0 Å². The molecule has 0 heterocycles. The average molecular weight is 288 g/mol. The van der Waals surface area contributed by atoms with Crippen LogP contribution < -0.4 is 10.6 Å². The van der Waals surface area contributed by atoms with Crippen molar-refractivity contribution >= 4 is 11.9 Å². The molecule has 0 atom stereocenters. The summed E-state index contributed by atoms with van der Waals surface area (Å²) < 4.78 is 9.65. The van der Waals surface area contributed by atoms with Gasteiger partial charge in [-0.2, -0.15) is 0 Å². The molecular formula is C14H28N2O4. The van der Waals surface area contributed by atoms with Crippen LogP contribution in [-0.2, 0) is 19.1 Å². The topological polar surface area (TPSA) is 76.7 Å². The maximum absolute atomic E-state index is 11.0. The lowest BCUT2D eigenvalue weighted by Gasteiger charge is -2.06. The quantitative estimate of drug-likeness (QED) is 0.386. The standard InChI is InChI=1S/C14H28N2O4/c1-3-19-13(17)7-11-15-9-5-6-10-16-12-8-14(18)20-4-2/h15-16H,3-12H2,1-2H3. The van der Waals surface area contributed by atoms with Crippen molar-refractivity contribution in [1.29, 1.82) is 0 Å². The molecule has 6 heteroatoms. The van der Waals surface area contributed by atoms with Crippen molar-refractivity contribution in [2.24, 2.45) is 0 Å². The number of esters is 2. The summed E-state index contributed by atoms with van der Waals surface area (Å²) in [6.45, 7) is 7.59. The van der Waals surface area contributed by atoms with E-state index in [2.05, 4.69) is 10.6 Å². The summed E-state index contributed by atoms with van der Waals surface area (Å²) in [6, 6.07) is 0. The third kappa shape index (κ3) is 13.3. The molecule has 0 amide bonds. The van der Waals surface area contributed by atoms with Gasteiger partial charge >= 0.3 is 11.9 Å². The molecule has 0 radical (unpaired) electrons. The second-order valence-corrected chi connectivity index (χ2v) is 4.32. The van der Waals surface area contributed by atoms with Crippen molar-refractivity contribution in [2.75, 3.05) is 39.4 Å². The fraction of sp³-hybridized carbons (Fsp3) is 0.857. The summed E-state index contributed by atoms with van der Waals surface area (Å²) in [5.41, 5.74) is 0. The van der Waals surface area contributed by atoms with Gasteiger partial charge in [-0.15, -0.1) is 0 Å². The third-order valence-corrected chi connectivity index (χ3v) is 2.58. The fourth-order valence-corrected chi connectivity index (χ4v) is 1.60. The maximum atomic E-state index is 11.0. The number of rotatable bonds is 13. The number of unbranched alkanes of at least 4 members (excludes halogenated alkanes) is 1. The Kier molecular flexibility index (Phi) is 13.5. The smallest absolute Gasteiger partial charge is 0.307 e. The van der Waals surface area contributed by atoms with E-state index in [1.165, 1.54) is 0 Å². The van der Waals surface area contributed by atoms with Crippen LogP contribution in [0.15, 0.2) is 0 Å². The zero-order valence-electron chi connectivity index (χ0n) is 12.7. The SMILES string of the molecule is CCOC(=O)CCNCCCCNCCC(=O)OCC. The van der Waals surface area contributed by atoms with Crippen molar-refractivity contribution in [3.8, 4) is 0 Å². The van der Waals surface area contributed by atoms with E-state index in [-0.39, 0.29) is 11.9 Å². The molecule has 6 nitrogen and oxygen atoms in total. The van der Waals surface area contributed by atoms with Crippen LogP contribution >= 0.6 is 0 Å². The van der Waals surface area contributed by atoms with E-state index in [1.54, 1.807) is 13.8 Å². The molecule has 0 saturated carbocycles. The first-order chi connectivity index (χ1) is 9.70. The molecule has 0 aliphatic rings. The van der Waals surface area contributed by atoms with Crippen LogP contribution in [0.5, 0.6) is 0 Å². The number of ether oxygens (including phenoxy) is 2. The number of nitrogens with one attached hydrogen (secondary N) is 2. The molecular weight excluding hydrogens is 260 g/mol. The third-order valence-electron chi connectivity index (χ3n) is 2.58. The largest absolute Gasteiger partial charge is 0.466 e. The second-order valence-electron chi connectivity index (χ2n) is 4.32. The van der Waals surface area contributed by atoms with Gasteiger partial charge in [0.15, 0.2) is 0 Å². The molecule has 118 valence electrons. The van der Waals surface area contributed by atoms with Gasteiger partial charge in [0.2, 0.25) is 0 Å². The molecule has 20 heavy (non-hydrogen) atoms. The molecule has 0 aromatic heterocycles. The molecule has 0 fully saturated rings. The lowest BCUT2D eigenvalue weighted by atomic mass is 10.3. The Morgan fingerprint density at radius 1 is 0.750 bits per heavy atom. The molecule has 2 N–H and O–H groups in total. The second kappa shape index (κ2) is 14.3. The molecule has 0 bridgehead atoms. The lowest BCUT2D eigenvalue weighted by Crippen LogP contribution is -2.23. The number of carbonyl (C=O) groups is 2. The minimum absolute atomic E-state index is 0.152. The molecule has 0 aromatic rings. The van der Waals surface area contributed by atoms with Crippen molar-refractivity contribution in [1.82, 2.24) is 10.6 Å². The predicted octanol–water partition coefficient (Wildman–Crippen LogP) is 0.852. The number of hydrogen-bond donors (Lipinski definition) is 2. The monoisotopic (exact) mass is 288 g/mol. The first kappa shape index (κ1) is 18.9. The Morgan fingerprint density at radius 3 is 1.50 bits per heavy atom. The summed E-state index contributed by atoms with van der Waals surface area (Å²) in [5.74, 6) is -0.304. The lowest BCUT2D eigenvalue weighted by molar-refractivity contribution is -0.143. The molecule has 0 unspecified atom stereocenters. The van der Waals surface area contributed by atoms with E-state index in [0.717, 1.165) is 25.9 Å². The first-order valence-corrected chi connectivity index (χ1v) is 7.43. The maximum Gasteiger partial charge on any atom is 0.307 e. The van der Waals surface area contributed by atoms with Gasteiger partial charge in [0.25, 0.3) is 0 Å². The van der Waals surface area contributed by atoms with Gasteiger partial charge in [-0.3, -0.25) is 9.59 Å². The van der Waals surface area contributed by atoms with Crippen molar-refractivity contribution in [2.45, 2.75) is 39.5 Å². The molecule has 0 rings (SSSR count). The van der Waals surface area contributed by atoms with Crippen molar-refractivity contribution < 1.29 is 19.1 Å². The zero-order valence-corrected chi connectivity index (χ0v) is 12.7. The zero-order chi connectivity index (χ0) is 15.1. The highest BCUT2D eigenvalue weighted by Gasteiger charge is 2.01. The average Bonchev–Trinajstić information content (AvgIpc) is 2.41. The van der Waals surface area contributed by atoms with Gasteiger partial charge in [-0.1, -0.05) is 0 Å². The Labute approximate surface area is 121 Å². The van der Waals surface area contributed by atoms with Crippen LogP contribution in [-0.4, -0.2) is 51.3 Å². The highest BCUT2D eigenvalue weighted by Crippen LogP contribution is 1.88. The molecule has 0 saturated heterocycles. The van der Waals surface area contributed by atoms with E-state index in [4.69, 9.17) is 9.47 Å². The van der Waals surface area contributed by atoms with Crippen LogP contribution in [0.2, 0.25) is 0 Å². The molecule has 0 spiro atoms. The summed E-state index contributed by atoms with van der Waals surface area (Å²) in [6.07, 6.45) is 2.92. The highest BCUT2D eigenvalue weighted by atomic mass is 16.5. The number of carbonyl (C=O) groups excluding carboxylic acids is 2. The minimum atomic E-state index is -0.152. The van der Waals surface area contributed by atoms with Crippen LogP contribution in [0.25, 0.3) is 0 Å². The van der Waals surface area contributed by atoms with E-state index in [9.17, 15) is 9.59 Å². The Hall–Kier alpha value is -1.14. The van der Waals surface area contributed by atoms with Crippen LogP contribution in [0.3, 0.4) is 0 Å². The normalized spacial score (nSPS) is 10.3. The Balaban J connectivity index is 3.13. The van der Waals surface area contributed by atoms with Gasteiger partial charge in [-0.25, -0.2) is 0 Å². The summed E-state index contributed by atoms with van der Waals surface area (Å²) in [4.78, 5) is 22.1.